The van der Waals surface area contributed by atoms with Crippen LogP contribution in [0.4, 0.5) is 0 Å². The van der Waals surface area contributed by atoms with E-state index in [1.807, 2.05) is 0 Å². The fourth-order valence-electron chi connectivity index (χ4n) is 15.4. The average Bonchev–Trinajstić information content (AvgIpc) is 1.09. The molecule has 0 N–H and O–H groups in total. The van der Waals surface area contributed by atoms with E-state index in [2.05, 4.69) is 197 Å². The zero-order valence-corrected chi connectivity index (χ0v) is 57.6. The van der Waals surface area contributed by atoms with Crippen molar-refractivity contribution in [2.24, 2.45) is 0 Å². The molecule has 0 unspecified atom stereocenters. The van der Waals surface area contributed by atoms with E-state index in [4.69, 9.17) is 44.6 Å². The maximum atomic E-state index is 7.97. The zero-order valence-electron chi connectivity index (χ0n) is 55.7. The summed E-state index contributed by atoms with van der Waals surface area (Å²) in [5.41, 5.74) is 39.4. The topological polar surface area (TPSA) is 117 Å². The van der Waals surface area contributed by atoms with Crippen LogP contribution < -0.4 is 24.7 Å². The standard InChI is InChI=1S/C79H82N8O.2Cu/c1-19-47-41(11)61-35-69-51(23-5)45(15)73(86-69)71(75-53(25-7)43(13)63(84-75)37-67-49(21-3)39(9)59(80-67)33-65(47)82-61)55-29-27-31-57-77(55)88-78-56(30-28-32-58(78)79(57,17)18)72-74-46(16)52(24-6)70(87-74)36-62-42(12)48(20-2)66(83-62)34-60-40(10)50(22-4)68(81-60)38-64-44(14)54(26-8)76(72)85-64;;/h27-38H,19-26H2,1-18H3;;/q-4;2*+2. The Hall–Kier alpha value is -7.52. The van der Waals surface area contributed by atoms with Crippen LogP contribution in [0.2, 0.25) is 0 Å². The molecule has 16 bridgehead atoms. The Kier molecular flexibility index (Phi) is 17.3. The summed E-state index contributed by atoms with van der Waals surface area (Å²) in [6.45, 7) is 40.4. The van der Waals surface area contributed by atoms with Crippen molar-refractivity contribution >= 4 is 88.7 Å². The van der Waals surface area contributed by atoms with Gasteiger partial charge in [0.25, 0.3) is 0 Å². The quantitative estimate of drug-likeness (QED) is 0.123. The molecule has 2 aromatic carbocycles. The molecule has 9 nitrogen and oxygen atoms in total. The number of benzene rings is 2. The Labute approximate surface area is 553 Å². The predicted molar refractivity (Wildman–Crippen MR) is 369 cm³/mol. The second-order valence-electron chi connectivity index (χ2n) is 25.3. The number of para-hydroxylation sites is 2. The number of hydrogen-bond acceptors (Lipinski definition) is 5. The molecular weight excluding hydrogens is 1200 g/mol. The summed E-state index contributed by atoms with van der Waals surface area (Å²) in [6.07, 6.45) is 6.54. The number of ether oxygens (including phenoxy) is 1. The molecule has 0 atom stereocenters. The van der Waals surface area contributed by atoms with Crippen LogP contribution >= 0.6 is 0 Å². The van der Waals surface area contributed by atoms with E-state index >= 15 is 0 Å². The number of hydrogen-bond donors (Lipinski definition) is 0. The van der Waals surface area contributed by atoms with E-state index in [-0.39, 0.29) is 34.1 Å². The van der Waals surface area contributed by atoms with Crippen molar-refractivity contribution in [3.8, 4) is 33.8 Å². The molecule has 0 amide bonds. The van der Waals surface area contributed by atoms with E-state index in [0.29, 0.717) is 0 Å². The molecule has 90 heavy (non-hydrogen) atoms. The molecule has 0 spiro atoms. The van der Waals surface area contributed by atoms with Crippen LogP contribution in [-0.4, -0.2) is 19.9 Å². The molecule has 2 radical (unpaired) electrons. The van der Waals surface area contributed by atoms with Crippen LogP contribution in [0.15, 0.2) is 72.8 Å². The molecule has 5 aliphatic heterocycles. The summed E-state index contributed by atoms with van der Waals surface area (Å²) in [6, 6.07) is 26.7. The van der Waals surface area contributed by atoms with Gasteiger partial charge < -0.3 is 24.7 Å². The Morgan fingerprint density at radius 3 is 1.01 bits per heavy atom. The van der Waals surface area contributed by atoms with Gasteiger partial charge in [-0.05, 0) is 162 Å². The first-order chi connectivity index (χ1) is 42.3. The van der Waals surface area contributed by atoms with Crippen LogP contribution in [0.25, 0.3) is 111 Å². The second kappa shape index (κ2) is 24.3. The third-order valence-corrected chi connectivity index (χ3v) is 20.5. The zero-order chi connectivity index (χ0) is 62.1. The van der Waals surface area contributed by atoms with Crippen molar-refractivity contribution in [1.82, 2.24) is 39.9 Å². The first kappa shape index (κ1) is 64.0. The summed E-state index contributed by atoms with van der Waals surface area (Å²) in [5, 5.41) is 0. The number of aryl methyl sites for hydroxylation is 8. The fourth-order valence-corrected chi connectivity index (χ4v) is 15.4. The van der Waals surface area contributed by atoms with Crippen molar-refractivity contribution in [3.63, 3.8) is 0 Å². The largest absolute Gasteiger partial charge is 2.00 e. The smallest absolute Gasteiger partial charge is 0.657 e. The molecule has 13 rings (SSSR count). The molecule has 0 saturated carbocycles. The Bertz CT molecular complexity index is 4560. The van der Waals surface area contributed by atoms with Crippen LogP contribution in [-0.2, 0) is 65.2 Å². The van der Waals surface area contributed by atoms with Crippen molar-refractivity contribution in [3.05, 3.63) is 174 Å². The number of nitrogens with zero attached hydrogens (tertiary/aromatic N) is 8. The van der Waals surface area contributed by atoms with E-state index in [1.165, 1.54) is 66.8 Å². The number of rotatable bonds is 10. The SMILES string of the molecule is CCC1=C(C)c2cc3[n-]c(c(C)c3CC)c(-c3cccc4c3Oc3c(-c5c6nc(cc7[n-]c(cc8nc(cc9[n-]c5c(C)c9CC)C(C)=C8CC)c(C)c7CC)C(C)=C6CC)cccc3C4(C)C)c3nc(cc4[n-]c(cc1n2)c(C)c4CC)C(C)=C3CC.[Cu+2].[Cu+2]. The third kappa shape index (κ3) is 9.74. The molecule has 0 saturated heterocycles. The first-order valence-electron chi connectivity index (χ1n) is 32.4. The summed E-state index contributed by atoms with van der Waals surface area (Å²) in [7, 11) is 0. The van der Waals surface area contributed by atoms with Gasteiger partial charge in [0.1, 0.15) is 11.5 Å². The van der Waals surface area contributed by atoms with Crippen molar-refractivity contribution < 1.29 is 38.9 Å². The summed E-state index contributed by atoms with van der Waals surface area (Å²) in [5.74, 6) is 1.59. The molecule has 11 heterocycles. The number of allylic oxidation sites excluding steroid dienone is 8. The Balaban J connectivity index is 0.00000417. The van der Waals surface area contributed by atoms with Crippen molar-refractivity contribution in [2.75, 3.05) is 0 Å². The van der Waals surface area contributed by atoms with E-state index in [1.54, 1.807) is 0 Å². The average molecular weight is 1290 g/mol. The van der Waals surface area contributed by atoms with E-state index in [0.717, 1.165) is 208 Å². The van der Waals surface area contributed by atoms with Gasteiger partial charge in [0, 0.05) is 27.7 Å². The second-order valence-corrected chi connectivity index (χ2v) is 25.3. The van der Waals surface area contributed by atoms with Gasteiger partial charge in [-0.15, -0.1) is 44.1 Å². The Morgan fingerprint density at radius 1 is 0.356 bits per heavy atom. The number of fused-ring (bicyclic) bond motifs is 18. The minimum Gasteiger partial charge on any atom is -0.657 e. The maximum Gasteiger partial charge on any atom is 2.00 e. The van der Waals surface area contributed by atoms with Gasteiger partial charge in [0.05, 0.1) is 45.6 Å². The molecular formula is C79H82Cu2N8O. The molecule has 466 valence electrons. The summed E-state index contributed by atoms with van der Waals surface area (Å²) in [4.78, 5) is 44.8. The van der Waals surface area contributed by atoms with E-state index in [9.17, 15) is 0 Å². The van der Waals surface area contributed by atoms with Gasteiger partial charge in [-0.25, -0.2) is 19.9 Å². The summed E-state index contributed by atoms with van der Waals surface area (Å²) >= 11 is 0. The molecule has 6 aromatic heterocycles. The van der Waals surface area contributed by atoms with Gasteiger partial charge in [0.15, 0.2) is 0 Å². The van der Waals surface area contributed by atoms with Gasteiger partial charge in [-0.1, -0.05) is 187 Å². The third-order valence-electron chi connectivity index (χ3n) is 20.5. The van der Waals surface area contributed by atoms with Gasteiger partial charge in [0.2, 0.25) is 0 Å². The Morgan fingerprint density at radius 2 is 0.667 bits per heavy atom. The normalized spacial score (nSPS) is 14.3. The molecule has 5 aliphatic rings. The number of aromatic nitrogens is 8. The molecule has 0 fully saturated rings. The van der Waals surface area contributed by atoms with Crippen LogP contribution in [0.1, 0.15) is 224 Å². The van der Waals surface area contributed by atoms with Crippen LogP contribution in [0.3, 0.4) is 0 Å². The molecule has 8 aromatic rings. The van der Waals surface area contributed by atoms with Gasteiger partial charge >= 0.3 is 34.1 Å². The first-order valence-corrected chi connectivity index (χ1v) is 32.4. The fraction of sp³-hybridized carbons (Fsp3) is 0.342. The van der Waals surface area contributed by atoms with Gasteiger partial charge in [-0.3, -0.25) is 0 Å². The van der Waals surface area contributed by atoms with E-state index < -0.39 is 5.41 Å². The monoisotopic (exact) mass is 1280 g/mol. The van der Waals surface area contributed by atoms with Crippen molar-refractivity contribution in [2.45, 2.75) is 181 Å². The molecule has 0 aliphatic carbocycles. The minimum atomic E-state index is -0.537. The maximum absolute atomic E-state index is 7.97. The van der Waals surface area contributed by atoms with Crippen LogP contribution in [0, 0.1) is 27.7 Å². The van der Waals surface area contributed by atoms with Gasteiger partial charge in [-0.2, -0.15) is 0 Å². The predicted octanol–water partition coefficient (Wildman–Crippen LogP) is 20.1. The summed E-state index contributed by atoms with van der Waals surface area (Å²) < 4.78 is 7.97. The van der Waals surface area contributed by atoms with Crippen molar-refractivity contribution in [1.29, 1.82) is 0 Å². The van der Waals surface area contributed by atoms with Crippen LogP contribution in [0.5, 0.6) is 11.5 Å². The molecule has 11 heteroatoms. The minimum absolute atomic E-state index is 0.